The van der Waals surface area contributed by atoms with Gasteiger partial charge in [-0.25, -0.2) is 0 Å². The van der Waals surface area contributed by atoms with Gasteiger partial charge in [-0.15, -0.1) is 24.8 Å². The fourth-order valence-corrected chi connectivity index (χ4v) is 3.63. The maximum Gasteiger partial charge on any atom is 0.227 e. The van der Waals surface area contributed by atoms with E-state index in [9.17, 15) is 4.79 Å². The molecule has 1 heterocycles. The van der Waals surface area contributed by atoms with E-state index in [2.05, 4.69) is 22.3 Å². The van der Waals surface area contributed by atoms with Crippen molar-refractivity contribution in [2.75, 3.05) is 43.6 Å². The molecule has 144 valence electrons. The van der Waals surface area contributed by atoms with Crippen molar-refractivity contribution in [3.8, 4) is 0 Å². The third-order valence-electron chi connectivity index (χ3n) is 4.08. The minimum absolute atomic E-state index is 0. The van der Waals surface area contributed by atoms with Gasteiger partial charge in [-0.05, 0) is 24.1 Å². The first kappa shape index (κ1) is 24.5. The van der Waals surface area contributed by atoms with Gasteiger partial charge in [0.15, 0.2) is 0 Å². The normalized spacial score (nSPS) is 15.6. The van der Waals surface area contributed by atoms with Crippen LogP contribution in [0.2, 0.25) is 0 Å². The lowest BCUT2D eigenvalue weighted by atomic mass is 10.1. The number of hydrogen-bond acceptors (Lipinski definition) is 5. The van der Waals surface area contributed by atoms with E-state index in [1.165, 1.54) is 17.1 Å². The van der Waals surface area contributed by atoms with Crippen molar-refractivity contribution in [2.45, 2.75) is 26.0 Å². The summed E-state index contributed by atoms with van der Waals surface area (Å²) in [6.07, 6.45) is 0.0474. The van der Waals surface area contributed by atoms with Crippen LogP contribution in [0.15, 0.2) is 18.2 Å². The second-order valence-electron chi connectivity index (χ2n) is 5.88. The Morgan fingerprint density at radius 3 is 2.60 bits per heavy atom. The summed E-state index contributed by atoms with van der Waals surface area (Å²) in [5, 5.41) is 2.95. The molecule has 1 aliphatic heterocycles. The molecular formula is C17H29Cl2N3O2S. The lowest BCUT2D eigenvalue weighted by Gasteiger charge is -2.26. The van der Waals surface area contributed by atoms with Crippen LogP contribution in [0.25, 0.3) is 0 Å². The summed E-state index contributed by atoms with van der Waals surface area (Å²) >= 11 is 2.02. The zero-order valence-electron chi connectivity index (χ0n) is 14.8. The summed E-state index contributed by atoms with van der Waals surface area (Å²) in [4.78, 5) is 14.5. The van der Waals surface area contributed by atoms with Gasteiger partial charge in [0, 0.05) is 50.5 Å². The molecule has 0 saturated carbocycles. The monoisotopic (exact) mass is 409 g/mol. The summed E-state index contributed by atoms with van der Waals surface area (Å²) in [6.45, 7) is 5.66. The first-order valence-electron chi connectivity index (χ1n) is 8.04. The van der Waals surface area contributed by atoms with E-state index < -0.39 is 0 Å². The van der Waals surface area contributed by atoms with Gasteiger partial charge in [-0.3, -0.25) is 9.69 Å². The molecule has 1 aromatic carbocycles. The number of aryl methyl sites for hydroxylation is 1. The maximum atomic E-state index is 12.0. The molecule has 3 N–H and O–H groups in total. The highest BCUT2D eigenvalue weighted by atomic mass is 35.5. The average molecular weight is 410 g/mol. The molecule has 5 nitrogen and oxygen atoms in total. The largest absolute Gasteiger partial charge is 0.380 e. The first-order chi connectivity index (χ1) is 11.1. The average Bonchev–Trinajstić information content (AvgIpc) is 2.56. The molecule has 1 unspecified atom stereocenters. The smallest absolute Gasteiger partial charge is 0.227 e. The topological polar surface area (TPSA) is 67.6 Å². The van der Waals surface area contributed by atoms with Crippen LogP contribution in [0, 0.1) is 6.92 Å². The number of amides is 1. The number of thioether (sulfide) groups is 1. The Hall–Kier alpha value is -0.500. The van der Waals surface area contributed by atoms with E-state index in [0.29, 0.717) is 6.54 Å². The minimum Gasteiger partial charge on any atom is -0.380 e. The third-order valence-corrected chi connectivity index (χ3v) is 5.03. The molecule has 0 aliphatic carbocycles. The predicted molar refractivity (Wildman–Crippen MR) is 111 cm³/mol. The van der Waals surface area contributed by atoms with Crippen molar-refractivity contribution in [2.24, 2.45) is 5.73 Å². The summed E-state index contributed by atoms with van der Waals surface area (Å²) in [5.41, 5.74) is 8.80. The van der Waals surface area contributed by atoms with E-state index in [1.807, 2.05) is 24.8 Å². The molecule has 1 aliphatic rings. The van der Waals surface area contributed by atoms with Crippen molar-refractivity contribution < 1.29 is 9.53 Å². The van der Waals surface area contributed by atoms with Crippen molar-refractivity contribution in [3.05, 3.63) is 29.3 Å². The van der Waals surface area contributed by atoms with E-state index >= 15 is 0 Å². The Morgan fingerprint density at radius 2 is 2.04 bits per heavy atom. The van der Waals surface area contributed by atoms with Gasteiger partial charge in [-0.2, -0.15) is 11.8 Å². The van der Waals surface area contributed by atoms with Crippen LogP contribution in [-0.2, 0) is 16.1 Å². The van der Waals surface area contributed by atoms with Crippen LogP contribution in [0.5, 0.6) is 0 Å². The standard InChI is InChI=1S/C17H27N3O2S.2ClH/c1-13-9-14(12-20-5-7-23-8-6-20)3-4-16(13)19-17(21)10-15(11-18)22-2;;/h3-4,9,15H,5-8,10-12,18H2,1-2H3,(H,19,21);2*1H. The Kier molecular flexibility index (Phi) is 12.5. The fraction of sp³-hybridized carbons (Fsp3) is 0.588. The molecule has 0 radical (unpaired) electrons. The highest BCUT2D eigenvalue weighted by Crippen LogP contribution is 2.19. The van der Waals surface area contributed by atoms with Gasteiger partial charge in [-0.1, -0.05) is 12.1 Å². The Balaban J connectivity index is 0.00000288. The number of carbonyl (C=O) groups excluding carboxylic acids is 1. The molecule has 1 atom stereocenters. The number of methoxy groups -OCH3 is 1. The summed E-state index contributed by atoms with van der Waals surface area (Å²) in [6, 6.07) is 6.25. The van der Waals surface area contributed by atoms with Crippen molar-refractivity contribution in [3.63, 3.8) is 0 Å². The second kappa shape index (κ2) is 12.8. The van der Waals surface area contributed by atoms with Crippen molar-refractivity contribution in [1.29, 1.82) is 0 Å². The fourth-order valence-electron chi connectivity index (χ4n) is 2.65. The molecule has 25 heavy (non-hydrogen) atoms. The SMILES string of the molecule is COC(CN)CC(=O)Nc1ccc(CN2CCSCC2)cc1C.Cl.Cl. The number of nitrogens with zero attached hydrogens (tertiary/aromatic N) is 1. The molecule has 1 fully saturated rings. The van der Waals surface area contributed by atoms with Crippen LogP contribution in [-0.4, -0.2) is 55.2 Å². The molecule has 2 rings (SSSR count). The van der Waals surface area contributed by atoms with Crippen LogP contribution >= 0.6 is 36.6 Å². The number of hydrogen-bond donors (Lipinski definition) is 2. The first-order valence-corrected chi connectivity index (χ1v) is 9.20. The van der Waals surface area contributed by atoms with E-state index in [1.54, 1.807) is 7.11 Å². The van der Waals surface area contributed by atoms with E-state index in [0.717, 1.165) is 30.9 Å². The Bertz CT molecular complexity index is 525. The van der Waals surface area contributed by atoms with Gasteiger partial charge < -0.3 is 15.8 Å². The van der Waals surface area contributed by atoms with Crippen LogP contribution in [0.3, 0.4) is 0 Å². The number of nitrogens with one attached hydrogen (secondary N) is 1. The Labute approximate surface area is 167 Å². The number of carbonyl (C=O) groups is 1. The molecule has 1 amide bonds. The van der Waals surface area contributed by atoms with Gasteiger partial charge in [0.2, 0.25) is 5.91 Å². The van der Waals surface area contributed by atoms with Gasteiger partial charge >= 0.3 is 0 Å². The van der Waals surface area contributed by atoms with Crippen LogP contribution in [0.1, 0.15) is 17.5 Å². The quantitative estimate of drug-likeness (QED) is 0.724. The number of nitrogens with two attached hydrogens (primary N) is 1. The summed E-state index contributed by atoms with van der Waals surface area (Å²) in [5.74, 6) is 2.37. The van der Waals surface area contributed by atoms with Crippen molar-refractivity contribution in [1.82, 2.24) is 4.90 Å². The maximum absolute atomic E-state index is 12.0. The molecule has 0 aromatic heterocycles. The lowest BCUT2D eigenvalue weighted by Crippen LogP contribution is -2.32. The predicted octanol–water partition coefficient (Wildman–Crippen LogP) is 2.69. The number of rotatable bonds is 7. The zero-order chi connectivity index (χ0) is 16.7. The lowest BCUT2D eigenvalue weighted by molar-refractivity contribution is -0.118. The van der Waals surface area contributed by atoms with Crippen LogP contribution in [0.4, 0.5) is 5.69 Å². The van der Waals surface area contributed by atoms with Crippen LogP contribution < -0.4 is 11.1 Å². The summed E-state index contributed by atoms with van der Waals surface area (Å²) < 4.78 is 5.15. The molecule has 8 heteroatoms. The highest BCUT2D eigenvalue weighted by Gasteiger charge is 2.14. The molecule has 0 bridgehead atoms. The zero-order valence-corrected chi connectivity index (χ0v) is 17.3. The second-order valence-corrected chi connectivity index (χ2v) is 7.11. The Morgan fingerprint density at radius 1 is 1.36 bits per heavy atom. The molecule has 1 aromatic rings. The number of halogens is 2. The van der Waals surface area contributed by atoms with E-state index in [-0.39, 0.29) is 43.2 Å². The number of benzene rings is 1. The highest BCUT2D eigenvalue weighted by molar-refractivity contribution is 7.99. The minimum atomic E-state index is -0.230. The number of ether oxygens (including phenoxy) is 1. The summed E-state index contributed by atoms with van der Waals surface area (Å²) in [7, 11) is 1.57. The van der Waals surface area contributed by atoms with Gasteiger partial charge in [0.25, 0.3) is 0 Å². The molecule has 1 saturated heterocycles. The van der Waals surface area contributed by atoms with Gasteiger partial charge in [0.05, 0.1) is 12.5 Å². The molecular weight excluding hydrogens is 381 g/mol. The van der Waals surface area contributed by atoms with E-state index in [4.69, 9.17) is 10.5 Å². The third kappa shape index (κ3) is 8.15. The van der Waals surface area contributed by atoms with Crippen molar-refractivity contribution >= 4 is 48.2 Å². The molecule has 0 spiro atoms. The number of anilines is 1. The van der Waals surface area contributed by atoms with Gasteiger partial charge in [0.1, 0.15) is 0 Å².